The highest BCUT2D eigenvalue weighted by Crippen LogP contribution is 2.22. The zero-order chi connectivity index (χ0) is 13.0. The fourth-order valence-corrected chi connectivity index (χ4v) is 1.64. The second-order valence-corrected chi connectivity index (χ2v) is 3.81. The lowest BCUT2D eigenvalue weighted by molar-refractivity contribution is 0.474. The van der Waals surface area contributed by atoms with Crippen LogP contribution >= 0.6 is 0 Å². The molecule has 0 amide bonds. The van der Waals surface area contributed by atoms with Gasteiger partial charge in [-0.2, -0.15) is 5.26 Å². The van der Waals surface area contributed by atoms with Crippen LogP contribution in [0.25, 0.3) is 0 Å². The molecule has 0 bridgehead atoms. The van der Waals surface area contributed by atoms with Gasteiger partial charge in [0.15, 0.2) is 0 Å². The molecule has 0 saturated carbocycles. The Morgan fingerprint density at radius 3 is 2.61 bits per heavy atom. The molecule has 2 aromatic carbocycles. The van der Waals surface area contributed by atoms with Crippen LogP contribution in [-0.4, -0.2) is 5.11 Å². The number of nitriles is 1. The Balaban J connectivity index is 2.23. The molecule has 0 aliphatic carbocycles. The maximum Gasteiger partial charge on any atom is 0.140 e. The standard InChI is InChI=1S/C14H11FN2O/c15-11-4-2-5-12(8-11)17-14(9-16)10-3-1-6-13(18)7-10/h1-8,14,17-18H. The SMILES string of the molecule is N#CC(Nc1cccc(F)c1)c1cccc(O)c1. The third-order valence-electron chi connectivity index (χ3n) is 2.47. The summed E-state index contributed by atoms with van der Waals surface area (Å²) in [6.45, 7) is 0. The summed E-state index contributed by atoms with van der Waals surface area (Å²) in [5, 5.41) is 21.4. The molecule has 1 atom stereocenters. The van der Waals surface area contributed by atoms with E-state index in [2.05, 4.69) is 11.4 Å². The Kier molecular flexibility index (Phi) is 3.44. The number of nitrogens with zero attached hydrogens (tertiary/aromatic N) is 1. The Morgan fingerprint density at radius 1 is 1.17 bits per heavy atom. The van der Waals surface area contributed by atoms with Gasteiger partial charge in [0.05, 0.1) is 6.07 Å². The van der Waals surface area contributed by atoms with Crippen LogP contribution in [0.2, 0.25) is 0 Å². The van der Waals surface area contributed by atoms with Crippen molar-refractivity contribution >= 4 is 5.69 Å². The Morgan fingerprint density at radius 2 is 1.94 bits per heavy atom. The van der Waals surface area contributed by atoms with Crippen LogP contribution in [0.3, 0.4) is 0 Å². The number of hydrogen-bond acceptors (Lipinski definition) is 3. The topological polar surface area (TPSA) is 56.0 Å². The fraction of sp³-hybridized carbons (Fsp3) is 0.0714. The van der Waals surface area contributed by atoms with Gasteiger partial charge in [0.25, 0.3) is 0 Å². The third-order valence-corrected chi connectivity index (χ3v) is 2.47. The van der Waals surface area contributed by atoms with E-state index in [0.29, 0.717) is 11.3 Å². The molecule has 0 aliphatic heterocycles. The molecule has 0 aromatic heterocycles. The number of benzene rings is 2. The van der Waals surface area contributed by atoms with Gasteiger partial charge in [0, 0.05) is 5.69 Å². The number of rotatable bonds is 3. The van der Waals surface area contributed by atoms with E-state index in [1.165, 1.54) is 24.3 Å². The lowest BCUT2D eigenvalue weighted by Crippen LogP contribution is -2.08. The summed E-state index contributed by atoms with van der Waals surface area (Å²) in [5.74, 6) is -0.276. The van der Waals surface area contributed by atoms with Gasteiger partial charge in [-0.1, -0.05) is 18.2 Å². The zero-order valence-corrected chi connectivity index (χ0v) is 9.47. The van der Waals surface area contributed by atoms with E-state index >= 15 is 0 Å². The van der Waals surface area contributed by atoms with Crippen molar-refractivity contribution in [2.24, 2.45) is 0 Å². The minimum absolute atomic E-state index is 0.0915. The molecule has 18 heavy (non-hydrogen) atoms. The zero-order valence-electron chi connectivity index (χ0n) is 9.47. The molecule has 1 unspecified atom stereocenters. The van der Waals surface area contributed by atoms with Crippen LogP contribution in [0, 0.1) is 17.1 Å². The Hall–Kier alpha value is -2.54. The first kappa shape index (κ1) is 11.9. The van der Waals surface area contributed by atoms with Crippen molar-refractivity contribution in [2.75, 3.05) is 5.32 Å². The predicted octanol–water partition coefficient (Wildman–Crippen LogP) is 3.21. The molecule has 0 fully saturated rings. The summed E-state index contributed by atoms with van der Waals surface area (Å²) in [7, 11) is 0. The van der Waals surface area contributed by atoms with Gasteiger partial charge in [-0.05, 0) is 35.9 Å². The number of nitrogens with one attached hydrogen (secondary N) is 1. The van der Waals surface area contributed by atoms with Crippen molar-refractivity contribution < 1.29 is 9.50 Å². The molecule has 2 rings (SSSR count). The molecule has 90 valence electrons. The molecule has 0 radical (unpaired) electrons. The smallest absolute Gasteiger partial charge is 0.140 e. The maximum atomic E-state index is 13.0. The predicted molar refractivity (Wildman–Crippen MR) is 66.5 cm³/mol. The van der Waals surface area contributed by atoms with Crippen molar-refractivity contribution in [2.45, 2.75) is 6.04 Å². The van der Waals surface area contributed by atoms with Crippen molar-refractivity contribution in [3.8, 4) is 11.8 Å². The molecule has 3 nitrogen and oxygen atoms in total. The first-order valence-electron chi connectivity index (χ1n) is 5.39. The quantitative estimate of drug-likeness (QED) is 0.868. The van der Waals surface area contributed by atoms with Gasteiger partial charge in [-0.15, -0.1) is 0 Å². The minimum atomic E-state index is -0.640. The number of aromatic hydroxyl groups is 1. The maximum absolute atomic E-state index is 13.0. The Labute approximate surface area is 104 Å². The van der Waals surface area contributed by atoms with E-state index in [4.69, 9.17) is 5.26 Å². The minimum Gasteiger partial charge on any atom is -0.508 e. The summed E-state index contributed by atoms with van der Waals surface area (Å²) >= 11 is 0. The summed E-state index contributed by atoms with van der Waals surface area (Å²) in [4.78, 5) is 0. The number of phenolic OH excluding ortho intramolecular Hbond substituents is 1. The largest absolute Gasteiger partial charge is 0.508 e. The molecular weight excluding hydrogens is 231 g/mol. The van der Waals surface area contributed by atoms with E-state index in [9.17, 15) is 9.50 Å². The summed E-state index contributed by atoms with van der Waals surface area (Å²) in [6.07, 6.45) is 0. The highest BCUT2D eigenvalue weighted by Gasteiger charge is 2.10. The first-order valence-corrected chi connectivity index (χ1v) is 5.39. The van der Waals surface area contributed by atoms with E-state index in [0.717, 1.165) is 0 Å². The lowest BCUT2D eigenvalue weighted by atomic mass is 10.1. The molecule has 0 spiro atoms. The molecule has 0 aliphatic rings. The van der Waals surface area contributed by atoms with Crippen LogP contribution in [0.4, 0.5) is 10.1 Å². The van der Waals surface area contributed by atoms with Gasteiger partial charge < -0.3 is 10.4 Å². The lowest BCUT2D eigenvalue weighted by Gasteiger charge is -2.13. The van der Waals surface area contributed by atoms with E-state index in [1.807, 2.05) is 0 Å². The summed E-state index contributed by atoms with van der Waals surface area (Å²) < 4.78 is 13.0. The van der Waals surface area contributed by atoms with Gasteiger partial charge >= 0.3 is 0 Å². The van der Waals surface area contributed by atoms with Crippen LogP contribution in [0.5, 0.6) is 5.75 Å². The summed E-state index contributed by atoms with van der Waals surface area (Å²) in [5.41, 5.74) is 1.15. The van der Waals surface area contributed by atoms with Gasteiger partial charge in [0.2, 0.25) is 0 Å². The van der Waals surface area contributed by atoms with Crippen molar-refractivity contribution in [3.63, 3.8) is 0 Å². The molecule has 2 aromatic rings. The van der Waals surface area contributed by atoms with Crippen molar-refractivity contribution in [1.82, 2.24) is 0 Å². The van der Waals surface area contributed by atoms with Crippen LogP contribution in [0.15, 0.2) is 48.5 Å². The van der Waals surface area contributed by atoms with E-state index in [-0.39, 0.29) is 11.6 Å². The Bertz CT molecular complexity index is 592. The molecule has 2 N–H and O–H groups in total. The molecule has 4 heteroatoms. The number of halogens is 1. The van der Waals surface area contributed by atoms with Crippen LogP contribution in [-0.2, 0) is 0 Å². The highest BCUT2D eigenvalue weighted by molar-refractivity contribution is 5.48. The second-order valence-electron chi connectivity index (χ2n) is 3.81. The number of phenols is 1. The highest BCUT2D eigenvalue weighted by atomic mass is 19.1. The normalized spacial score (nSPS) is 11.6. The van der Waals surface area contributed by atoms with Gasteiger partial charge in [-0.3, -0.25) is 0 Å². The van der Waals surface area contributed by atoms with Gasteiger partial charge in [-0.25, -0.2) is 4.39 Å². The average Bonchev–Trinajstić information content (AvgIpc) is 2.36. The third kappa shape index (κ3) is 2.77. The van der Waals surface area contributed by atoms with Crippen molar-refractivity contribution in [3.05, 3.63) is 59.9 Å². The fourth-order valence-electron chi connectivity index (χ4n) is 1.64. The molecule has 0 saturated heterocycles. The number of hydrogen-bond donors (Lipinski definition) is 2. The molecular formula is C14H11FN2O. The van der Waals surface area contributed by atoms with Crippen LogP contribution < -0.4 is 5.32 Å². The first-order chi connectivity index (χ1) is 8.69. The summed E-state index contributed by atoms with van der Waals surface area (Å²) in [6, 6.07) is 13.7. The number of anilines is 1. The van der Waals surface area contributed by atoms with E-state index < -0.39 is 6.04 Å². The van der Waals surface area contributed by atoms with Gasteiger partial charge in [0.1, 0.15) is 17.6 Å². The van der Waals surface area contributed by atoms with Crippen LogP contribution in [0.1, 0.15) is 11.6 Å². The average molecular weight is 242 g/mol. The van der Waals surface area contributed by atoms with E-state index in [1.54, 1.807) is 24.3 Å². The van der Waals surface area contributed by atoms with Crippen molar-refractivity contribution in [1.29, 1.82) is 5.26 Å². The monoisotopic (exact) mass is 242 g/mol. The molecule has 0 heterocycles. The second kappa shape index (κ2) is 5.19.